The maximum atomic E-state index is 5.67. The molecule has 0 aliphatic heterocycles. The Balaban J connectivity index is 1.44. The first-order chi connectivity index (χ1) is 16.1. The predicted octanol–water partition coefficient (Wildman–Crippen LogP) is 3.94. The van der Waals surface area contributed by atoms with Crippen molar-refractivity contribution >= 4 is 5.96 Å². The Morgan fingerprint density at radius 3 is 2.64 bits per heavy atom. The second-order valence-electron chi connectivity index (χ2n) is 7.80. The monoisotopic (exact) mass is 449 g/mol. The smallest absolute Gasteiger partial charge is 0.191 e. The zero-order valence-electron chi connectivity index (χ0n) is 20.1. The molecule has 0 unspecified atom stereocenters. The van der Waals surface area contributed by atoms with Crippen LogP contribution in [0.3, 0.4) is 0 Å². The van der Waals surface area contributed by atoms with Crippen LogP contribution < -0.4 is 20.1 Å². The number of nitrogens with one attached hydrogen (secondary N) is 2. The Kier molecular flexibility index (Phi) is 9.18. The highest BCUT2D eigenvalue weighted by molar-refractivity contribution is 5.79. The van der Waals surface area contributed by atoms with Crippen molar-refractivity contribution in [1.82, 2.24) is 20.2 Å². The highest BCUT2D eigenvalue weighted by Crippen LogP contribution is 2.28. The van der Waals surface area contributed by atoms with Gasteiger partial charge in [0.25, 0.3) is 0 Å². The van der Waals surface area contributed by atoms with Gasteiger partial charge in [-0.25, -0.2) is 4.98 Å². The first-order valence-electron chi connectivity index (χ1n) is 11.4. The summed E-state index contributed by atoms with van der Waals surface area (Å²) in [5.41, 5.74) is 3.70. The number of guanidine groups is 1. The minimum Gasteiger partial charge on any atom is -0.493 e. The number of aliphatic imine (C=N–C) groups is 1. The van der Waals surface area contributed by atoms with E-state index in [4.69, 9.17) is 9.47 Å². The molecule has 0 saturated carbocycles. The lowest BCUT2D eigenvalue weighted by Crippen LogP contribution is -2.37. The molecule has 33 heavy (non-hydrogen) atoms. The van der Waals surface area contributed by atoms with Crippen LogP contribution in [-0.4, -0.2) is 42.8 Å². The molecule has 0 saturated heterocycles. The molecule has 3 rings (SSSR count). The van der Waals surface area contributed by atoms with Gasteiger partial charge in [-0.05, 0) is 55.5 Å². The average molecular weight is 450 g/mol. The van der Waals surface area contributed by atoms with Crippen LogP contribution in [0.4, 0.5) is 0 Å². The third-order valence-corrected chi connectivity index (χ3v) is 5.41. The molecule has 0 amide bonds. The van der Waals surface area contributed by atoms with E-state index in [1.165, 1.54) is 16.7 Å². The molecule has 1 aromatic heterocycles. The Labute approximate surface area is 196 Å². The van der Waals surface area contributed by atoms with E-state index in [9.17, 15) is 0 Å². The SMILES string of the molecule is CCOc1cc(CCCNC(=NC)NCc2cccc(Cn3ccnc3C)c2)ccc1OC. The number of imidazole rings is 1. The highest BCUT2D eigenvalue weighted by Gasteiger charge is 2.06. The van der Waals surface area contributed by atoms with Crippen molar-refractivity contribution in [3.8, 4) is 11.5 Å². The fourth-order valence-corrected chi connectivity index (χ4v) is 3.66. The first-order valence-corrected chi connectivity index (χ1v) is 11.4. The lowest BCUT2D eigenvalue weighted by molar-refractivity contribution is 0.310. The summed E-state index contributed by atoms with van der Waals surface area (Å²) < 4.78 is 13.2. The summed E-state index contributed by atoms with van der Waals surface area (Å²) in [6.07, 6.45) is 5.78. The number of ether oxygens (including phenoxy) is 2. The van der Waals surface area contributed by atoms with E-state index in [0.29, 0.717) is 13.2 Å². The molecule has 176 valence electrons. The molecule has 0 aliphatic carbocycles. The lowest BCUT2D eigenvalue weighted by atomic mass is 10.1. The Bertz CT molecular complexity index is 1040. The molecule has 0 fully saturated rings. The van der Waals surface area contributed by atoms with E-state index in [-0.39, 0.29) is 0 Å². The maximum absolute atomic E-state index is 5.67. The zero-order valence-corrected chi connectivity index (χ0v) is 20.1. The van der Waals surface area contributed by atoms with Crippen LogP contribution in [0.5, 0.6) is 11.5 Å². The number of aromatic nitrogens is 2. The van der Waals surface area contributed by atoms with Gasteiger partial charge in [0.05, 0.1) is 13.7 Å². The van der Waals surface area contributed by atoms with E-state index < -0.39 is 0 Å². The Morgan fingerprint density at radius 2 is 1.91 bits per heavy atom. The summed E-state index contributed by atoms with van der Waals surface area (Å²) in [5, 5.41) is 6.81. The molecule has 7 heteroatoms. The number of benzene rings is 2. The summed E-state index contributed by atoms with van der Waals surface area (Å²) >= 11 is 0. The molecule has 0 bridgehead atoms. The minimum absolute atomic E-state index is 0.621. The van der Waals surface area contributed by atoms with Crippen molar-refractivity contribution in [2.24, 2.45) is 4.99 Å². The number of hydrogen-bond donors (Lipinski definition) is 2. The van der Waals surface area contributed by atoms with Gasteiger partial charge in [0.2, 0.25) is 0 Å². The van der Waals surface area contributed by atoms with Crippen LogP contribution in [0.2, 0.25) is 0 Å². The van der Waals surface area contributed by atoms with Crippen LogP contribution in [-0.2, 0) is 19.5 Å². The lowest BCUT2D eigenvalue weighted by Gasteiger charge is -2.14. The van der Waals surface area contributed by atoms with Gasteiger partial charge in [0, 0.05) is 39.1 Å². The molecule has 2 aromatic carbocycles. The van der Waals surface area contributed by atoms with Crippen molar-refractivity contribution in [2.45, 2.75) is 39.8 Å². The fraction of sp³-hybridized carbons (Fsp3) is 0.385. The summed E-state index contributed by atoms with van der Waals surface area (Å²) in [6, 6.07) is 14.7. The van der Waals surface area contributed by atoms with E-state index in [1.54, 1.807) is 14.2 Å². The second kappa shape index (κ2) is 12.5. The van der Waals surface area contributed by atoms with Gasteiger partial charge in [-0.1, -0.05) is 30.3 Å². The quantitative estimate of drug-likeness (QED) is 0.264. The van der Waals surface area contributed by atoms with Crippen LogP contribution in [0, 0.1) is 6.92 Å². The van der Waals surface area contributed by atoms with E-state index in [1.807, 2.05) is 32.3 Å². The Hall–Kier alpha value is -3.48. The van der Waals surface area contributed by atoms with Gasteiger partial charge in [-0.15, -0.1) is 0 Å². The molecular formula is C26H35N5O2. The largest absolute Gasteiger partial charge is 0.493 e. The van der Waals surface area contributed by atoms with Gasteiger partial charge >= 0.3 is 0 Å². The molecule has 0 spiro atoms. The zero-order chi connectivity index (χ0) is 23.5. The number of aryl methyl sites for hydroxylation is 2. The molecule has 1 heterocycles. The normalized spacial score (nSPS) is 11.3. The topological polar surface area (TPSA) is 72.7 Å². The third kappa shape index (κ3) is 7.27. The van der Waals surface area contributed by atoms with E-state index in [0.717, 1.165) is 49.2 Å². The maximum Gasteiger partial charge on any atom is 0.191 e. The van der Waals surface area contributed by atoms with Crippen LogP contribution in [0.25, 0.3) is 0 Å². The van der Waals surface area contributed by atoms with Crippen LogP contribution in [0.15, 0.2) is 59.9 Å². The van der Waals surface area contributed by atoms with Crippen molar-refractivity contribution in [3.05, 3.63) is 77.4 Å². The molecular weight excluding hydrogens is 414 g/mol. The first kappa shape index (κ1) is 24.2. The number of rotatable bonds is 11. The summed E-state index contributed by atoms with van der Waals surface area (Å²) in [5.74, 6) is 3.39. The third-order valence-electron chi connectivity index (χ3n) is 5.41. The number of methoxy groups -OCH3 is 1. The standard InChI is InChI=1S/C26H35N5O2/c1-5-33-25-17-21(11-12-24(25)32-4)10-7-13-29-26(27-3)30-18-22-8-6-9-23(16-22)19-31-15-14-28-20(31)2/h6,8-9,11-12,14-17H,5,7,10,13,18-19H2,1-4H3,(H2,27,29,30). The molecule has 0 radical (unpaired) electrons. The molecule has 7 nitrogen and oxygen atoms in total. The minimum atomic E-state index is 0.621. The summed E-state index contributed by atoms with van der Waals surface area (Å²) in [7, 11) is 3.46. The number of hydrogen-bond acceptors (Lipinski definition) is 4. The highest BCUT2D eigenvalue weighted by atomic mass is 16.5. The van der Waals surface area contributed by atoms with Crippen molar-refractivity contribution in [2.75, 3.05) is 27.3 Å². The van der Waals surface area contributed by atoms with Gasteiger partial charge < -0.3 is 24.7 Å². The van der Waals surface area contributed by atoms with Gasteiger partial charge in [0.15, 0.2) is 17.5 Å². The van der Waals surface area contributed by atoms with Gasteiger partial charge in [-0.2, -0.15) is 0 Å². The van der Waals surface area contributed by atoms with Crippen LogP contribution in [0.1, 0.15) is 35.9 Å². The molecule has 0 atom stereocenters. The molecule has 3 aromatic rings. The van der Waals surface area contributed by atoms with Crippen molar-refractivity contribution in [3.63, 3.8) is 0 Å². The van der Waals surface area contributed by atoms with Gasteiger partial charge in [-0.3, -0.25) is 4.99 Å². The van der Waals surface area contributed by atoms with E-state index >= 15 is 0 Å². The second-order valence-corrected chi connectivity index (χ2v) is 7.80. The Morgan fingerprint density at radius 1 is 1.06 bits per heavy atom. The molecule has 0 aliphatic rings. The van der Waals surface area contributed by atoms with Gasteiger partial charge in [0.1, 0.15) is 5.82 Å². The number of nitrogens with zero attached hydrogens (tertiary/aromatic N) is 3. The fourth-order valence-electron chi connectivity index (χ4n) is 3.66. The predicted molar refractivity (Wildman–Crippen MR) is 133 cm³/mol. The molecule has 2 N–H and O–H groups in total. The van der Waals surface area contributed by atoms with Crippen molar-refractivity contribution in [1.29, 1.82) is 0 Å². The summed E-state index contributed by atoms with van der Waals surface area (Å²) in [4.78, 5) is 8.64. The van der Waals surface area contributed by atoms with Crippen LogP contribution >= 0.6 is 0 Å². The van der Waals surface area contributed by atoms with Crippen molar-refractivity contribution < 1.29 is 9.47 Å². The summed E-state index contributed by atoms with van der Waals surface area (Å²) in [6.45, 7) is 6.99. The average Bonchev–Trinajstić information content (AvgIpc) is 3.23. The van der Waals surface area contributed by atoms with E-state index in [2.05, 4.69) is 61.6 Å².